The van der Waals surface area contributed by atoms with Crippen molar-refractivity contribution >= 4 is 21.7 Å². The van der Waals surface area contributed by atoms with E-state index in [9.17, 15) is 0 Å². The van der Waals surface area contributed by atoms with E-state index in [0.717, 1.165) is 15.6 Å². The number of aromatic nitrogens is 1. The number of benzene rings is 1. The van der Waals surface area contributed by atoms with Crippen molar-refractivity contribution in [3.63, 3.8) is 0 Å². The topological polar surface area (TPSA) is 50.9 Å². The van der Waals surface area contributed by atoms with E-state index in [0.29, 0.717) is 5.82 Å². The first-order valence-corrected chi connectivity index (χ1v) is 6.15. The van der Waals surface area contributed by atoms with Gasteiger partial charge in [0.1, 0.15) is 5.82 Å². The molecule has 4 heteroatoms. The molecule has 1 heterocycles. The number of nitrogens with zero attached hydrogens (tertiary/aromatic N) is 1. The van der Waals surface area contributed by atoms with Crippen molar-refractivity contribution in [1.82, 2.24) is 10.3 Å². The molecule has 88 valence electrons. The molecule has 0 aliphatic rings. The Hall–Kier alpha value is -1.39. The summed E-state index contributed by atoms with van der Waals surface area (Å²) in [5, 5.41) is 3.27. The van der Waals surface area contributed by atoms with E-state index in [-0.39, 0.29) is 6.04 Å². The molecule has 2 aromatic rings. The van der Waals surface area contributed by atoms with Gasteiger partial charge in [-0.3, -0.25) is 0 Å². The van der Waals surface area contributed by atoms with Gasteiger partial charge in [-0.15, -0.1) is 0 Å². The van der Waals surface area contributed by atoms with Crippen LogP contribution in [0.4, 0.5) is 5.82 Å². The molecule has 1 aromatic carbocycles. The molecule has 3 nitrogen and oxygen atoms in total. The van der Waals surface area contributed by atoms with Crippen molar-refractivity contribution in [2.45, 2.75) is 6.04 Å². The van der Waals surface area contributed by atoms with Crippen LogP contribution in [0.1, 0.15) is 17.2 Å². The number of rotatable bonds is 3. The zero-order valence-corrected chi connectivity index (χ0v) is 11.1. The molecule has 1 unspecified atom stereocenters. The quantitative estimate of drug-likeness (QED) is 0.914. The van der Waals surface area contributed by atoms with Gasteiger partial charge >= 0.3 is 0 Å². The van der Waals surface area contributed by atoms with Gasteiger partial charge in [-0.05, 0) is 24.7 Å². The Balaban J connectivity index is 2.48. The molecule has 3 N–H and O–H groups in total. The Morgan fingerprint density at radius 1 is 1.18 bits per heavy atom. The van der Waals surface area contributed by atoms with Crippen LogP contribution in [0.5, 0.6) is 0 Å². The largest absolute Gasteiger partial charge is 0.383 e. The SMILES string of the molecule is CNC(c1ccccc1Br)c1cccnc1N. The number of anilines is 1. The van der Waals surface area contributed by atoms with Crippen LogP contribution < -0.4 is 11.1 Å². The van der Waals surface area contributed by atoms with Crippen LogP contribution in [-0.4, -0.2) is 12.0 Å². The summed E-state index contributed by atoms with van der Waals surface area (Å²) in [6, 6.07) is 12.0. The zero-order valence-electron chi connectivity index (χ0n) is 9.52. The average Bonchev–Trinajstić information content (AvgIpc) is 2.34. The lowest BCUT2D eigenvalue weighted by atomic mass is 9.99. The Labute approximate surface area is 109 Å². The molecular formula is C13H14BrN3. The minimum atomic E-state index is 0.0410. The van der Waals surface area contributed by atoms with E-state index in [2.05, 4.69) is 32.3 Å². The van der Waals surface area contributed by atoms with Gasteiger partial charge in [-0.1, -0.05) is 40.2 Å². The van der Waals surface area contributed by atoms with Gasteiger partial charge < -0.3 is 11.1 Å². The Morgan fingerprint density at radius 2 is 1.88 bits per heavy atom. The predicted molar refractivity (Wildman–Crippen MR) is 73.7 cm³/mol. The summed E-state index contributed by atoms with van der Waals surface area (Å²) in [7, 11) is 1.91. The van der Waals surface area contributed by atoms with E-state index in [1.165, 1.54) is 0 Å². The first kappa shape index (κ1) is 12.1. The van der Waals surface area contributed by atoms with Crippen LogP contribution in [-0.2, 0) is 0 Å². The smallest absolute Gasteiger partial charge is 0.128 e. The maximum absolute atomic E-state index is 5.92. The number of nitrogen functional groups attached to an aromatic ring is 1. The summed E-state index contributed by atoms with van der Waals surface area (Å²) in [5.41, 5.74) is 8.05. The molecule has 0 spiro atoms. The monoisotopic (exact) mass is 291 g/mol. The third-order valence-corrected chi connectivity index (χ3v) is 3.41. The molecule has 0 aliphatic heterocycles. The maximum atomic E-state index is 5.92. The van der Waals surface area contributed by atoms with Gasteiger partial charge in [0.05, 0.1) is 6.04 Å². The molecule has 0 amide bonds. The first-order valence-electron chi connectivity index (χ1n) is 5.36. The summed E-state index contributed by atoms with van der Waals surface area (Å²) in [6.07, 6.45) is 1.70. The lowest BCUT2D eigenvalue weighted by Gasteiger charge is -2.19. The molecule has 17 heavy (non-hydrogen) atoms. The fraction of sp³-hybridized carbons (Fsp3) is 0.154. The van der Waals surface area contributed by atoms with Gasteiger partial charge in [-0.2, -0.15) is 0 Å². The lowest BCUT2D eigenvalue weighted by Crippen LogP contribution is -2.19. The minimum Gasteiger partial charge on any atom is -0.383 e. The van der Waals surface area contributed by atoms with Crippen LogP contribution >= 0.6 is 15.9 Å². The second kappa shape index (κ2) is 5.29. The zero-order chi connectivity index (χ0) is 12.3. The molecular weight excluding hydrogens is 278 g/mol. The van der Waals surface area contributed by atoms with Crippen LogP contribution in [0, 0.1) is 0 Å². The fourth-order valence-electron chi connectivity index (χ4n) is 1.86. The van der Waals surface area contributed by atoms with Crippen molar-refractivity contribution in [2.24, 2.45) is 0 Å². The highest BCUT2D eigenvalue weighted by atomic mass is 79.9. The molecule has 0 fully saturated rings. The first-order chi connectivity index (χ1) is 8.24. The molecule has 0 aliphatic carbocycles. The minimum absolute atomic E-state index is 0.0410. The summed E-state index contributed by atoms with van der Waals surface area (Å²) in [6.45, 7) is 0. The van der Waals surface area contributed by atoms with Gasteiger partial charge in [0.15, 0.2) is 0 Å². The molecule has 1 aromatic heterocycles. The van der Waals surface area contributed by atoms with E-state index in [4.69, 9.17) is 5.73 Å². The molecule has 0 bridgehead atoms. The van der Waals surface area contributed by atoms with Crippen LogP contribution in [0.15, 0.2) is 47.1 Å². The van der Waals surface area contributed by atoms with E-state index < -0.39 is 0 Å². The number of nitrogens with one attached hydrogen (secondary N) is 1. The number of halogens is 1. The van der Waals surface area contributed by atoms with Gasteiger partial charge in [-0.25, -0.2) is 4.98 Å². The summed E-state index contributed by atoms with van der Waals surface area (Å²) >= 11 is 3.56. The molecule has 0 saturated heterocycles. The molecule has 2 rings (SSSR count). The lowest BCUT2D eigenvalue weighted by molar-refractivity contribution is 0.688. The van der Waals surface area contributed by atoms with E-state index in [1.54, 1.807) is 6.20 Å². The van der Waals surface area contributed by atoms with Crippen molar-refractivity contribution in [2.75, 3.05) is 12.8 Å². The van der Waals surface area contributed by atoms with Crippen molar-refractivity contribution in [3.8, 4) is 0 Å². The summed E-state index contributed by atoms with van der Waals surface area (Å²) in [4.78, 5) is 4.13. The Morgan fingerprint density at radius 3 is 2.53 bits per heavy atom. The number of pyridine rings is 1. The second-order valence-corrected chi connectivity index (χ2v) is 4.58. The number of nitrogens with two attached hydrogens (primary N) is 1. The summed E-state index contributed by atoms with van der Waals surface area (Å²) in [5.74, 6) is 0.558. The van der Waals surface area contributed by atoms with Gasteiger partial charge in [0.25, 0.3) is 0 Å². The van der Waals surface area contributed by atoms with Crippen molar-refractivity contribution in [1.29, 1.82) is 0 Å². The molecule has 1 atom stereocenters. The Kier molecular flexibility index (Phi) is 3.76. The second-order valence-electron chi connectivity index (χ2n) is 3.72. The normalized spacial score (nSPS) is 12.4. The van der Waals surface area contributed by atoms with Crippen LogP contribution in [0.3, 0.4) is 0 Å². The highest BCUT2D eigenvalue weighted by molar-refractivity contribution is 9.10. The van der Waals surface area contributed by atoms with Crippen LogP contribution in [0.2, 0.25) is 0 Å². The highest BCUT2D eigenvalue weighted by Gasteiger charge is 2.16. The third kappa shape index (κ3) is 2.48. The van der Waals surface area contributed by atoms with Crippen molar-refractivity contribution in [3.05, 3.63) is 58.2 Å². The molecule has 0 radical (unpaired) electrons. The predicted octanol–water partition coefficient (Wildman–Crippen LogP) is 2.74. The standard InChI is InChI=1S/C13H14BrN3/c1-16-12(9-5-2-3-7-11(9)14)10-6-4-8-17-13(10)15/h2-8,12,16H,1H3,(H2,15,17). The van der Waals surface area contributed by atoms with Gasteiger partial charge in [0.2, 0.25) is 0 Å². The van der Waals surface area contributed by atoms with E-state index >= 15 is 0 Å². The fourth-order valence-corrected chi connectivity index (χ4v) is 2.38. The third-order valence-electron chi connectivity index (χ3n) is 2.69. The van der Waals surface area contributed by atoms with Crippen LogP contribution in [0.25, 0.3) is 0 Å². The number of hydrogen-bond acceptors (Lipinski definition) is 3. The average molecular weight is 292 g/mol. The summed E-state index contributed by atoms with van der Waals surface area (Å²) < 4.78 is 1.06. The highest BCUT2D eigenvalue weighted by Crippen LogP contribution is 2.30. The van der Waals surface area contributed by atoms with E-state index in [1.807, 2.05) is 37.4 Å². The van der Waals surface area contributed by atoms with Crippen molar-refractivity contribution < 1.29 is 0 Å². The molecule has 0 saturated carbocycles. The number of hydrogen-bond donors (Lipinski definition) is 2. The van der Waals surface area contributed by atoms with Gasteiger partial charge in [0, 0.05) is 16.2 Å². The maximum Gasteiger partial charge on any atom is 0.128 e. The Bertz CT molecular complexity index is 468.